The normalized spacial score (nSPS) is 10.2. The summed E-state index contributed by atoms with van der Waals surface area (Å²) in [6, 6.07) is 11.2. The Labute approximate surface area is 121 Å². The van der Waals surface area contributed by atoms with Crippen LogP contribution >= 0.6 is 11.6 Å². The molecule has 0 fully saturated rings. The third-order valence-corrected chi connectivity index (χ3v) is 2.98. The lowest BCUT2D eigenvalue weighted by molar-refractivity contribution is -0.115. The Morgan fingerprint density at radius 3 is 2.80 bits per heavy atom. The van der Waals surface area contributed by atoms with E-state index in [0.29, 0.717) is 10.8 Å². The van der Waals surface area contributed by atoms with Crippen LogP contribution in [-0.2, 0) is 11.2 Å². The standard InChI is InChI=1S/C15H13ClFNO2/c1-20-14-5-3-2-4-10(14)8-15(19)18-13-9-11(16)6-7-12(13)17/h2-7,9H,8H2,1H3,(H,18,19). The van der Waals surface area contributed by atoms with Crippen LogP contribution in [0.1, 0.15) is 5.56 Å². The van der Waals surface area contributed by atoms with E-state index in [-0.39, 0.29) is 18.0 Å². The van der Waals surface area contributed by atoms with E-state index in [1.54, 1.807) is 12.1 Å². The molecular formula is C15H13ClFNO2. The summed E-state index contributed by atoms with van der Waals surface area (Å²) < 4.78 is 18.7. The Kier molecular flexibility index (Phi) is 4.58. The van der Waals surface area contributed by atoms with E-state index in [1.807, 2.05) is 12.1 Å². The fraction of sp³-hybridized carbons (Fsp3) is 0.133. The molecule has 0 aliphatic heterocycles. The molecule has 104 valence electrons. The van der Waals surface area contributed by atoms with Crippen molar-refractivity contribution in [3.8, 4) is 5.75 Å². The SMILES string of the molecule is COc1ccccc1CC(=O)Nc1cc(Cl)ccc1F. The number of anilines is 1. The quantitative estimate of drug-likeness (QED) is 0.934. The predicted molar refractivity (Wildman–Crippen MR) is 76.7 cm³/mol. The van der Waals surface area contributed by atoms with Crippen LogP contribution in [0, 0.1) is 5.82 Å². The number of rotatable bonds is 4. The van der Waals surface area contributed by atoms with E-state index in [0.717, 1.165) is 5.56 Å². The predicted octanol–water partition coefficient (Wildman–Crippen LogP) is 3.67. The van der Waals surface area contributed by atoms with Gasteiger partial charge < -0.3 is 10.1 Å². The summed E-state index contributed by atoms with van der Waals surface area (Å²) in [5, 5.41) is 2.86. The third kappa shape index (κ3) is 3.48. The number of hydrogen-bond donors (Lipinski definition) is 1. The minimum absolute atomic E-state index is 0.0670. The number of amides is 1. The van der Waals surface area contributed by atoms with E-state index < -0.39 is 5.82 Å². The molecule has 5 heteroatoms. The van der Waals surface area contributed by atoms with Crippen LogP contribution in [0.4, 0.5) is 10.1 Å². The van der Waals surface area contributed by atoms with Crippen molar-refractivity contribution in [3.05, 3.63) is 58.9 Å². The summed E-state index contributed by atoms with van der Waals surface area (Å²) >= 11 is 5.77. The molecule has 0 heterocycles. The molecular weight excluding hydrogens is 281 g/mol. The number of halogens is 2. The maximum atomic E-state index is 13.5. The number of methoxy groups -OCH3 is 1. The fourth-order valence-corrected chi connectivity index (χ4v) is 1.98. The lowest BCUT2D eigenvalue weighted by Crippen LogP contribution is -2.15. The Bertz CT molecular complexity index is 631. The van der Waals surface area contributed by atoms with E-state index in [4.69, 9.17) is 16.3 Å². The number of ether oxygens (including phenoxy) is 1. The zero-order valence-corrected chi connectivity index (χ0v) is 11.6. The molecule has 1 amide bonds. The minimum atomic E-state index is -0.525. The van der Waals surface area contributed by atoms with Gasteiger partial charge in [0.2, 0.25) is 5.91 Å². The van der Waals surface area contributed by atoms with Gasteiger partial charge in [-0.25, -0.2) is 4.39 Å². The highest BCUT2D eigenvalue weighted by atomic mass is 35.5. The van der Waals surface area contributed by atoms with Gasteiger partial charge in [-0.05, 0) is 24.3 Å². The summed E-state index contributed by atoms with van der Waals surface area (Å²) in [5.41, 5.74) is 0.798. The molecule has 0 atom stereocenters. The Morgan fingerprint density at radius 1 is 1.30 bits per heavy atom. The topological polar surface area (TPSA) is 38.3 Å². The monoisotopic (exact) mass is 293 g/mol. The number of benzene rings is 2. The van der Waals surface area contributed by atoms with Crippen LogP contribution in [0.5, 0.6) is 5.75 Å². The lowest BCUT2D eigenvalue weighted by Gasteiger charge is -2.09. The van der Waals surface area contributed by atoms with Crippen molar-refractivity contribution in [2.45, 2.75) is 6.42 Å². The van der Waals surface area contributed by atoms with Gasteiger partial charge in [0, 0.05) is 10.6 Å². The number of carbonyl (C=O) groups excluding carboxylic acids is 1. The number of para-hydroxylation sites is 1. The van der Waals surface area contributed by atoms with E-state index >= 15 is 0 Å². The minimum Gasteiger partial charge on any atom is -0.496 e. The number of carbonyl (C=O) groups is 1. The zero-order chi connectivity index (χ0) is 14.5. The largest absolute Gasteiger partial charge is 0.496 e. The van der Waals surface area contributed by atoms with E-state index in [1.165, 1.54) is 25.3 Å². The summed E-state index contributed by atoms with van der Waals surface area (Å²) in [5.74, 6) is -0.243. The Morgan fingerprint density at radius 2 is 2.05 bits per heavy atom. The molecule has 0 saturated heterocycles. The fourth-order valence-electron chi connectivity index (χ4n) is 1.81. The van der Waals surface area contributed by atoms with Gasteiger partial charge in [0.15, 0.2) is 0 Å². The first-order valence-corrected chi connectivity index (χ1v) is 6.34. The molecule has 2 aromatic carbocycles. The van der Waals surface area contributed by atoms with Crippen molar-refractivity contribution in [2.75, 3.05) is 12.4 Å². The molecule has 0 bridgehead atoms. The highest BCUT2D eigenvalue weighted by molar-refractivity contribution is 6.30. The highest BCUT2D eigenvalue weighted by Gasteiger charge is 2.11. The first kappa shape index (κ1) is 14.3. The van der Waals surface area contributed by atoms with Gasteiger partial charge in [-0.3, -0.25) is 4.79 Å². The van der Waals surface area contributed by atoms with Crippen LogP contribution in [0.2, 0.25) is 5.02 Å². The van der Waals surface area contributed by atoms with Crippen molar-refractivity contribution in [1.29, 1.82) is 0 Å². The molecule has 0 aliphatic rings. The third-order valence-electron chi connectivity index (χ3n) is 2.75. The average molecular weight is 294 g/mol. The molecule has 0 aliphatic carbocycles. The summed E-state index contributed by atoms with van der Waals surface area (Å²) in [6.07, 6.45) is 0.0932. The van der Waals surface area contributed by atoms with Gasteiger partial charge in [-0.1, -0.05) is 29.8 Å². The summed E-state index contributed by atoms with van der Waals surface area (Å²) in [6.45, 7) is 0. The van der Waals surface area contributed by atoms with Gasteiger partial charge in [-0.15, -0.1) is 0 Å². The van der Waals surface area contributed by atoms with Gasteiger partial charge in [-0.2, -0.15) is 0 Å². The maximum Gasteiger partial charge on any atom is 0.229 e. The molecule has 0 aromatic heterocycles. The van der Waals surface area contributed by atoms with E-state index in [2.05, 4.69) is 5.32 Å². The number of hydrogen-bond acceptors (Lipinski definition) is 2. The highest BCUT2D eigenvalue weighted by Crippen LogP contribution is 2.21. The Balaban J connectivity index is 2.11. The molecule has 0 unspecified atom stereocenters. The molecule has 2 rings (SSSR count). The van der Waals surface area contributed by atoms with Crippen LogP contribution < -0.4 is 10.1 Å². The maximum absolute atomic E-state index is 13.5. The van der Waals surface area contributed by atoms with Crippen LogP contribution in [0.3, 0.4) is 0 Å². The second kappa shape index (κ2) is 6.39. The molecule has 3 nitrogen and oxygen atoms in total. The van der Waals surface area contributed by atoms with Crippen LogP contribution in [0.15, 0.2) is 42.5 Å². The van der Waals surface area contributed by atoms with Crippen molar-refractivity contribution < 1.29 is 13.9 Å². The van der Waals surface area contributed by atoms with Crippen LogP contribution in [-0.4, -0.2) is 13.0 Å². The first-order chi connectivity index (χ1) is 9.60. The second-order valence-corrected chi connectivity index (χ2v) is 4.60. The molecule has 0 spiro atoms. The van der Waals surface area contributed by atoms with Crippen LogP contribution in [0.25, 0.3) is 0 Å². The zero-order valence-electron chi connectivity index (χ0n) is 10.8. The van der Waals surface area contributed by atoms with E-state index in [9.17, 15) is 9.18 Å². The van der Waals surface area contributed by atoms with Gasteiger partial charge in [0.05, 0.1) is 19.2 Å². The van der Waals surface area contributed by atoms with Crippen molar-refractivity contribution in [3.63, 3.8) is 0 Å². The van der Waals surface area contributed by atoms with Gasteiger partial charge >= 0.3 is 0 Å². The van der Waals surface area contributed by atoms with Crippen molar-refractivity contribution >= 4 is 23.2 Å². The second-order valence-electron chi connectivity index (χ2n) is 4.16. The molecule has 20 heavy (non-hydrogen) atoms. The lowest BCUT2D eigenvalue weighted by atomic mass is 10.1. The average Bonchev–Trinajstić information content (AvgIpc) is 2.43. The summed E-state index contributed by atoms with van der Waals surface area (Å²) in [4.78, 5) is 11.9. The molecule has 0 radical (unpaired) electrons. The van der Waals surface area contributed by atoms with Gasteiger partial charge in [0.25, 0.3) is 0 Å². The molecule has 2 aromatic rings. The summed E-state index contributed by atoms with van der Waals surface area (Å²) in [7, 11) is 1.54. The Hall–Kier alpha value is -2.07. The molecule has 1 N–H and O–H groups in total. The van der Waals surface area contributed by atoms with Crippen molar-refractivity contribution in [2.24, 2.45) is 0 Å². The van der Waals surface area contributed by atoms with Gasteiger partial charge in [0.1, 0.15) is 11.6 Å². The van der Waals surface area contributed by atoms with Crippen molar-refractivity contribution in [1.82, 2.24) is 0 Å². The smallest absolute Gasteiger partial charge is 0.229 e. The first-order valence-electron chi connectivity index (χ1n) is 5.97. The molecule has 0 saturated carbocycles. The number of nitrogens with one attached hydrogen (secondary N) is 1.